The molecule has 0 unspecified atom stereocenters. The van der Waals surface area contributed by atoms with Crippen LogP contribution in [0.1, 0.15) is 46.5 Å². The summed E-state index contributed by atoms with van der Waals surface area (Å²) >= 11 is 0. The van der Waals surface area contributed by atoms with Gasteiger partial charge in [0.2, 0.25) is 5.91 Å². The molecule has 0 N–H and O–H groups in total. The van der Waals surface area contributed by atoms with Crippen LogP contribution in [0.15, 0.2) is 23.3 Å². The van der Waals surface area contributed by atoms with E-state index in [1.54, 1.807) is 0 Å². The molecule has 90 valence electrons. The van der Waals surface area contributed by atoms with Crippen molar-refractivity contribution in [3.63, 3.8) is 0 Å². The second-order valence-corrected chi connectivity index (χ2v) is 4.81. The molecular weight excluding hydrogens is 198 g/mol. The van der Waals surface area contributed by atoms with Gasteiger partial charge in [-0.3, -0.25) is 4.79 Å². The van der Waals surface area contributed by atoms with Gasteiger partial charge in [-0.1, -0.05) is 23.3 Å². The second kappa shape index (κ2) is 6.51. The number of hydrogen-bond acceptors (Lipinski definition) is 1. The van der Waals surface area contributed by atoms with Crippen LogP contribution >= 0.6 is 0 Å². The van der Waals surface area contributed by atoms with E-state index in [1.165, 1.54) is 11.1 Å². The highest BCUT2D eigenvalue weighted by Gasteiger charge is 2.18. The van der Waals surface area contributed by atoms with E-state index in [-0.39, 0.29) is 0 Å². The summed E-state index contributed by atoms with van der Waals surface area (Å²) in [5, 5.41) is 0. The van der Waals surface area contributed by atoms with Gasteiger partial charge in [-0.15, -0.1) is 0 Å². The minimum atomic E-state index is 0.313. The fraction of sp³-hybridized carbons (Fsp3) is 0.643. The summed E-state index contributed by atoms with van der Waals surface area (Å²) < 4.78 is 0. The Morgan fingerprint density at radius 3 is 2.62 bits per heavy atom. The van der Waals surface area contributed by atoms with Crippen molar-refractivity contribution in [3.8, 4) is 0 Å². The van der Waals surface area contributed by atoms with Gasteiger partial charge in [0.1, 0.15) is 0 Å². The Morgan fingerprint density at radius 2 is 2.06 bits per heavy atom. The van der Waals surface area contributed by atoms with Gasteiger partial charge in [0.05, 0.1) is 0 Å². The molecule has 1 amide bonds. The summed E-state index contributed by atoms with van der Waals surface area (Å²) in [6.45, 7) is 8.15. The molecule has 0 atom stereocenters. The molecule has 0 bridgehead atoms. The monoisotopic (exact) mass is 221 g/mol. The zero-order chi connectivity index (χ0) is 12.0. The molecule has 1 aliphatic heterocycles. The van der Waals surface area contributed by atoms with Gasteiger partial charge in [-0.05, 0) is 40.0 Å². The lowest BCUT2D eigenvalue weighted by Crippen LogP contribution is -2.24. The molecule has 0 spiro atoms. The highest BCUT2D eigenvalue weighted by Crippen LogP contribution is 2.11. The average Bonchev–Trinajstić information content (AvgIpc) is 2.60. The van der Waals surface area contributed by atoms with Crippen LogP contribution in [0.4, 0.5) is 0 Å². The van der Waals surface area contributed by atoms with Crippen LogP contribution in [0.5, 0.6) is 0 Å². The maximum absolute atomic E-state index is 11.4. The Labute approximate surface area is 99.0 Å². The van der Waals surface area contributed by atoms with Crippen LogP contribution < -0.4 is 0 Å². The lowest BCUT2D eigenvalue weighted by atomic mass is 10.1. The molecule has 0 aromatic rings. The summed E-state index contributed by atoms with van der Waals surface area (Å²) in [5.74, 6) is 0.313. The minimum Gasteiger partial charge on any atom is -0.339 e. The van der Waals surface area contributed by atoms with Crippen molar-refractivity contribution in [2.24, 2.45) is 0 Å². The molecule has 1 rings (SSSR count). The van der Waals surface area contributed by atoms with Gasteiger partial charge < -0.3 is 4.90 Å². The van der Waals surface area contributed by atoms with E-state index in [0.29, 0.717) is 5.91 Å². The highest BCUT2D eigenvalue weighted by atomic mass is 16.2. The molecule has 16 heavy (non-hydrogen) atoms. The fourth-order valence-corrected chi connectivity index (χ4v) is 1.85. The van der Waals surface area contributed by atoms with Gasteiger partial charge in [-0.25, -0.2) is 0 Å². The number of amides is 1. The van der Waals surface area contributed by atoms with Crippen molar-refractivity contribution < 1.29 is 4.79 Å². The van der Waals surface area contributed by atoms with Crippen molar-refractivity contribution in [1.29, 1.82) is 0 Å². The van der Waals surface area contributed by atoms with Gasteiger partial charge >= 0.3 is 0 Å². The van der Waals surface area contributed by atoms with E-state index in [9.17, 15) is 4.79 Å². The molecule has 0 aliphatic carbocycles. The SMILES string of the molecule is CC(C)=CCCC(C)=CCN1CCCC1=O. The third kappa shape index (κ3) is 4.65. The maximum atomic E-state index is 11.4. The predicted molar refractivity (Wildman–Crippen MR) is 68.2 cm³/mol. The lowest BCUT2D eigenvalue weighted by Gasteiger charge is -2.12. The van der Waals surface area contributed by atoms with Crippen LogP contribution in [0, 0.1) is 0 Å². The molecule has 0 aromatic carbocycles. The highest BCUT2D eigenvalue weighted by molar-refractivity contribution is 5.78. The number of hydrogen-bond donors (Lipinski definition) is 0. The van der Waals surface area contributed by atoms with Crippen molar-refractivity contribution in [2.45, 2.75) is 46.5 Å². The van der Waals surface area contributed by atoms with Gasteiger partial charge in [0.15, 0.2) is 0 Å². The van der Waals surface area contributed by atoms with Gasteiger partial charge in [0, 0.05) is 19.5 Å². The first kappa shape index (κ1) is 13.0. The van der Waals surface area contributed by atoms with Crippen LogP contribution in [0.3, 0.4) is 0 Å². The average molecular weight is 221 g/mol. The third-order valence-electron chi connectivity index (χ3n) is 2.92. The maximum Gasteiger partial charge on any atom is 0.222 e. The summed E-state index contributed by atoms with van der Waals surface area (Å²) in [4.78, 5) is 13.3. The number of carbonyl (C=O) groups excluding carboxylic acids is 1. The van der Waals surface area contributed by atoms with Crippen LogP contribution in [-0.4, -0.2) is 23.9 Å². The smallest absolute Gasteiger partial charge is 0.222 e. The first-order chi connectivity index (χ1) is 7.59. The lowest BCUT2D eigenvalue weighted by molar-refractivity contribution is -0.127. The van der Waals surface area contributed by atoms with Crippen LogP contribution in [0.25, 0.3) is 0 Å². The zero-order valence-corrected chi connectivity index (χ0v) is 10.8. The van der Waals surface area contributed by atoms with Crippen molar-refractivity contribution >= 4 is 5.91 Å². The normalized spacial score (nSPS) is 16.8. The number of nitrogens with zero attached hydrogens (tertiary/aromatic N) is 1. The first-order valence-electron chi connectivity index (χ1n) is 6.16. The number of allylic oxidation sites excluding steroid dienone is 3. The molecule has 1 aliphatic rings. The molecule has 0 saturated carbocycles. The van der Waals surface area contributed by atoms with E-state index in [1.807, 2.05) is 4.90 Å². The third-order valence-corrected chi connectivity index (χ3v) is 2.92. The Bertz CT molecular complexity index is 298. The Morgan fingerprint density at radius 1 is 1.31 bits per heavy atom. The summed E-state index contributed by atoms with van der Waals surface area (Å²) in [6, 6.07) is 0. The summed E-state index contributed by atoms with van der Waals surface area (Å²) in [7, 11) is 0. The standard InChI is InChI=1S/C14H23NO/c1-12(2)6-4-7-13(3)9-11-15-10-5-8-14(15)16/h6,9H,4-5,7-8,10-11H2,1-3H3. The Kier molecular flexibility index (Phi) is 5.30. The molecule has 2 heteroatoms. The van der Waals surface area contributed by atoms with E-state index in [0.717, 1.165) is 38.8 Å². The van der Waals surface area contributed by atoms with Crippen molar-refractivity contribution in [2.75, 3.05) is 13.1 Å². The minimum absolute atomic E-state index is 0.313. The number of carbonyl (C=O) groups is 1. The van der Waals surface area contributed by atoms with E-state index in [4.69, 9.17) is 0 Å². The fourth-order valence-electron chi connectivity index (χ4n) is 1.85. The quantitative estimate of drug-likeness (QED) is 0.652. The van der Waals surface area contributed by atoms with E-state index < -0.39 is 0 Å². The Balaban J connectivity index is 2.28. The Hall–Kier alpha value is -1.05. The molecule has 1 saturated heterocycles. The first-order valence-corrected chi connectivity index (χ1v) is 6.16. The topological polar surface area (TPSA) is 20.3 Å². The van der Waals surface area contributed by atoms with E-state index >= 15 is 0 Å². The van der Waals surface area contributed by atoms with E-state index in [2.05, 4.69) is 32.9 Å². The molecule has 1 fully saturated rings. The predicted octanol–water partition coefficient (Wildman–Crippen LogP) is 3.30. The van der Waals surface area contributed by atoms with Crippen LogP contribution in [-0.2, 0) is 4.79 Å². The molecule has 0 aromatic heterocycles. The van der Waals surface area contributed by atoms with Crippen LogP contribution in [0.2, 0.25) is 0 Å². The zero-order valence-electron chi connectivity index (χ0n) is 10.8. The second-order valence-electron chi connectivity index (χ2n) is 4.81. The molecule has 0 radical (unpaired) electrons. The number of rotatable bonds is 5. The molecule has 1 heterocycles. The van der Waals surface area contributed by atoms with Gasteiger partial charge in [0.25, 0.3) is 0 Å². The van der Waals surface area contributed by atoms with Gasteiger partial charge in [-0.2, -0.15) is 0 Å². The largest absolute Gasteiger partial charge is 0.339 e. The van der Waals surface area contributed by atoms with Crippen molar-refractivity contribution in [3.05, 3.63) is 23.3 Å². The molecular formula is C14H23NO. The number of likely N-dealkylation sites (tertiary alicyclic amines) is 1. The van der Waals surface area contributed by atoms with Crippen molar-refractivity contribution in [1.82, 2.24) is 4.90 Å². The summed E-state index contributed by atoms with van der Waals surface area (Å²) in [5.41, 5.74) is 2.76. The molecule has 2 nitrogen and oxygen atoms in total. The summed E-state index contributed by atoms with van der Waals surface area (Å²) in [6.07, 6.45) is 8.44.